The Hall–Kier alpha value is -1.86. The molecule has 2 unspecified atom stereocenters. The maximum Gasteiger partial charge on any atom is 0.293 e. The molecule has 1 aromatic rings. The van der Waals surface area contributed by atoms with E-state index in [9.17, 15) is 14.9 Å². The number of carbonyl (C=O) groups excluding carboxylic acids is 1. The zero-order valence-corrected chi connectivity index (χ0v) is 14.8. The predicted octanol–water partition coefficient (Wildman–Crippen LogP) is 2.56. The van der Waals surface area contributed by atoms with E-state index < -0.39 is 4.92 Å². The summed E-state index contributed by atoms with van der Waals surface area (Å²) in [7, 11) is 0. The van der Waals surface area contributed by atoms with Crippen LogP contribution in [0.2, 0.25) is 0 Å². The van der Waals surface area contributed by atoms with Crippen LogP contribution in [0.3, 0.4) is 0 Å². The van der Waals surface area contributed by atoms with E-state index in [0.717, 1.165) is 45.2 Å². The Labute approximate surface area is 152 Å². The van der Waals surface area contributed by atoms with Crippen LogP contribution in [-0.2, 0) is 0 Å². The molecule has 7 nitrogen and oxygen atoms in total. The SMILES string of the molecule is Cl.O=C(c1ccc(NC2CC2)c([N+](=O)[O-])c1)N1C2CCNCC1CC2. The van der Waals surface area contributed by atoms with Crippen molar-refractivity contribution in [2.45, 2.75) is 50.2 Å². The Kier molecular flexibility index (Phi) is 5.15. The van der Waals surface area contributed by atoms with Gasteiger partial charge in [0, 0.05) is 36.3 Å². The summed E-state index contributed by atoms with van der Waals surface area (Å²) in [5.74, 6) is -0.0766. The molecule has 0 aromatic heterocycles. The van der Waals surface area contributed by atoms with Crippen LogP contribution >= 0.6 is 12.4 Å². The number of anilines is 1. The maximum absolute atomic E-state index is 13.0. The van der Waals surface area contributed by atoms with E-state index in [2.05, 4.69) is 10.6 Å². The lowest BCUT2D eigenvalue weighted by atomic mass is 10.1. The largest absolute Gasteiger partial charge is 0.377 e. The summed E-state index contributed by atoms with van der Waals surface area (Å²) >= 11 is 0. The van der Waals surface area contributed by atoms with Gasteiger partial charge in [-0.1, -0.05) is 0 Å². The molecule has 2 saturated heterocycles. The van der Waals surface area contributed by atoms with Crippen LogP contribution in [-0.4, -0.2) is 46.9 Å². The van der Waals surface area contributed by atoms with Crippen molar-refractivity contribution in [3.05, 3.63) is 33.9 Å². The van der Waals surface area contributed by atoms with Crippen LogP contribution in [0.4, 0.5) is 11.4 Å². The molecule has 8 heteroatoms. The second kappa shape index (κ2) is 7.17. The molecule has 3 fully saturated rings. The van der Waals surface area contributed by atoms with Crippen LogP contribution < -0.4 is 10.6 Å². The molecular weight excluding hydrogens is 344 g/mol. The number of amides is 1. The fourth-order valence-electron chi connectivity index (χ4n) is 3.85. The third kappa shape index (κ3) is 3.57. The second-order valence-corrected chi connectivity index (χ2v) is 7.00. The number of rotatable bonds is 4. The molecule has 1 saturated carbocycles. The lowest BCUT2D eigenvalue weighted by Crippen LogP contribution is -2.42. The Balaban J connectivity index is 0.00000182. The fraction of sp³-hybridized carbons (Fsp3) is 0.588. The monoisotopic (exact) mass is 366 g/mol. The van der Waals surface area contributed by atoms with Gasteiger partial charge < -0.3 is 15.5 Å². The molecule has 2 N–H and O–H groups in total. The highest BCUT2D eigenvalue weighted by atomic mass is 35.5. The summed E-state index contributed by atoms with van der Waals surface area (Å²) in [6.45, 7) is 1.74. The minimum absolute atomic E-state index is 0. The van der Waals surface area contributed by atoms with Gasteiger partial charge in [-0.15, -0.1) is 12.4 Å². The van der Waals surface area contributed by atoms with Crippen molar-refractivity contribution in [1.82, 2.24) is 10.2 Å². The molecule has 0 radical (unpaired) electrons. The van der Waals surface area contributed by atoms with E-state index >= 15 is 0 Å². The van der Waals surface area contributed by atoms with Crippen LogP contribution in [0.5, 0.6) is 0 Å². The highest BCUT2D eigenvalue weighted by Gasteiger charge is 2.38. The van der Waals surface area contributed by atoms with Crippen molar-refractivity contribution in [3.8, 4) is 0 Å². The Morgan fingerprint density at radius 3 is 2.68 bits per heavy atom. The van der Waals surface area contributed by atoms with Crippen molar-refractivity contribution in [1.29, 1.82) is 0 Å². The Morgan fingerprint density at radius 2 is 1.96 bits per heavy atom. The average Bonchev–Trinajstić information content (AvgIpc) is 3.30. The molecule has 1 amide bonds. The van der Waals surface area contributed by atoms with Gasteiger partial charge in [-0.3, -0.25) is 14.9 Å². The molecule has 1 aliphatic carbocycles. The van der Waals surface area contributed by atoms with Crippen molar-refractivity contribution in [2.75, 3.05) is 18.4 Å². The minimum atomic E-state index is -0.403. The van der Waals surface area contributed by atoms with Crippen LogP contribution in [0, 0.1) is 10.1 Å². The molecule has 2 aliphatic heterocycles. The van der Waals surface area contributed by atoms with Gasteiger partial charge in [-0.2, -0.15) is 0 Å². The number of nitrogens with one attached hydrogen (secondary N) is 2. The quantitative estimate of drug-likeness (QED) is 0.631. The summed E-state index contributed by atoms with van der Waals surface area (Å²) in [5.41, 5.74) is 0.925. The molecular formula is C17H23ClN4O3. The normalized spacial score (nSPS) is 25.0. The number of nitro groups is 1. The number of carbonyl (C=O) groups is 1. The van der Waals surface area contributed by atoms with E-state index in [4.69, 9.17) is 0 Å². The van der Waals surface area contributed by atoms with E-state index in [0.29, 0.717) is 17.3 Å². The number of nitrogens with zero attached hydrogens (tertiary/aromatic N) is 2. The summed E-state index contributed by atoms with van der Waals surface area (Å²) in [5, 5.41) is 17.9. The minimum Gasteiger partial charge on any atom is -0.377 e. The Bertz CT molecular complexity index is 666. The first-order chi connectivity index (χ1) is 11.6. The average molecular weight is 367 g/mol. The number of hydrogen-bond donors (Lipinski definition) is 2. The van der Waals surface area contributed by atoms with Gasteiger partial charge in [0.05, 0.1) is 4.92 Å². The van der Waals surface area contributed by atoms with E-state index in [1.165, 1.54) is 6.07 Å². The molecule has 136 valence electrons. The third-order valence-electron chi connectivity index (χ3n) is 5.27. The number of fused-ring (bicyclic) bond motifs is 2. The smallest absolute Gasteiger partial charge is 0.293 e. The lowest BCUT2D eigenvalue weighted by Gasteiger charge is -2.28. The topological polar surface area (TPSA) is 87.5 Å². The van der Waals surface area contributed by atoms with Crippen molar-refractivity contribution in [3.63, 3.8) is 0 Å². The van der Waals surface area contributed by atoms with E-state index in [-0.39, 0.29) is 36.1 Å². The van der Waals surface area contributed by atoms with Gasteiger partial charge >= 0.3 is 0 Å². The number of benzene rings is 1. The standard InChI is InChI=1S/C17H22N4O3.ClH/c22-17(20-13-4-5-14(20)10-18-8-7-13)11-1-6-15(19-12-2-3-12)16(9-11)21(23)24;/h1,6,9,12-14,18-19H,2-5,7-8,10H2;1H. The first kappa shape index (κ1) is 17.9. The number of halogens is 1. The molecule has 25 heavy (non-hydrogen) atoms. The third-order valence-corrected chi connectivity index (χ3v) is 5.27. The summed E-state index contributed by atoms with van der Waals surface area (Å²) < 4.78 is 0. The van der Waals surface area contributed by atoms with Crippen molar-refractivity contribution < 1.29 is 9.72 Å². The fourth-order valence-corrected chi connectivity index (χ4v) is 3.85. The lowest BCUT2D eigenvalue weighted by molar-refractivity contribution is -0.384. The van der Waals surface area contributed by atoms with Gasteiger partial charge in [0.2, 0.25) is 0 Å². The summed E-state index contributed by atoms with van der Waals surface area (Å²) in [4.78, 5) is 25.9. The molecule has 3 aliphatic rings. The number of nitro benzene ring substituents is 1. The van der Waals surface area contributed by atoms with Crippen LogP contribution in [0.15, 0.2) is 18.2 Å². The van der Waals surface area contributed by atoms with Gasteiger partial charge in [-0.25, -0.2) is 0 Å². The van der Waals surface area contributed by atoms with E-state index in [1.807, 2.05) is 4.90 Å². The Morgan fingerprint density at radius 1 is 1.20 bits per heavy atom. The highest BCUT2D eigenvalue weighted by molar-refractivity contribution is 5.96. The highest BCUT2D eigenvalue weighted by Crippen LogP contribution is 2.34. The predicted molar refractivity (Wildman–Crippen MR) is 97.5 cm³/mol. The van der Waals surface area contributed by atoms with Gasteiger partial charge in [0.1, 0.15) is 5.69 Å². The van der Waals surface area contributed by atoms with Gasteiger partial charge in [0.15, 0.2) is 0 Å². The number of hydrogen-bond acceptors (Lipinski definition) is 5. The van der Waals surface area contributed by atoms with Gasteiger partial charge in [0.25, 0.3) is 11.6 Å². The zero-order valence-electron chi connectivity index (χ0n) is 13.9. The van der Waals surface area contributed by atoms with E-state index in [1.54, 1.807) is 12.1 Å². The maximum atomic E-state index is 13.0. The zero-order chi connectivity index (χ0) is 16.7. The van der Waals surface area contributed by atoms with Crippen molar-refractivity contribution >= 4 is 29.7 Å². The summed E-state index contributed by atoms with van der Waals surface area (Å²) in [6, 6.07) is 5.62. The van der Waals surface area contributed by atoms with Crippen molar-refractivity contribution in [2.24, 2.45) is 0 Å². The molecule has 2 bridgehead atoms. The first-order valence-corrected chi connectivity index (χ1v) is 8.72. The van der Waals surface area contributed by atoms with Crippen LogP contribution in [0.25, 0.3) is 0 Å². The molecule has 2 atom stereocenters. The molecule has 1 aromatic carbocycles. The first-order valence-electron chi connectivity index (χ1n) is 8.72. The summed E-state index contributed by atoms with van der Waals surface area (Å²) in [6.07, 6.45) is 5.07. The molecule has 0 spiro atoms. The second-order valence-electron chi connectivity index (χ2n) is 7.00. The van der Waals surface area contributed by atoms with Crippen LogP contribution in [0.1, 0.15) is 42.5 Å². The van der Waals surface area contributed by atoms with Gasteiger partial charge in [-0.05, 0) is 50.8 Å². The molecule has 2 heterocycles. The molecule has 4 rings (SSSR count).